The molecule has 0 aliphatic rings. The van der Waals surface area contributed by atoms with E-state index in [1.54, 1.807) is 18.2 Å². The van der Waals surface area contributed by atoms with Crippen molar-refractivity contribution in [2.75, 3.05) is 24.8 Å². The zero-order valence-corrected chi connectivity index (χ0v) is 13.2. The van der Waals surface area contributed by atoms with E-state index in [0.29, 0.717) is 17.1 Å². The SMILES string of the molecule is CC.CCC.COc1ccc(N)cc1NC(=O)CCO. The van der Waals surface area contributed by atoms with Gasteiger partial charge >= 0.3 is 0 Å². The van der Waals surface area contributed by atoms with Crippen molar-refractivity contribution in [2.24, 2.45) is 0 Å². The number of aliphatic hydroxyl groups is 1. The van der Waals surface area contributed by atoms with Crippen molar-refractivity contribution in [3.63, 3.8) is 0 Å². The molecule has 116 valence electrons. The number of rotatable bonds is 4. The lowest BCUT2D eigenvalue weighted by Gasteiger charge is -2.10. The first kappa shape index (κ1) is 20.6. The van der Waals surface area contributed by atoms with E-state index in [1.165, 1.54) is 13.5 Å². The Bertz CT molecular complexity index is 368. The monoisotopic (exact) mass is 284 g/mol. The maximum atomic E-state index is 11.2. The second-order valence-electron chi connectivity index (χ2n) is 3.69. The van der Waals surface area contributed by atoms with E-state index in [0.717, 1.165) is 0 Å². The Morgan fingerprint density at radius 1 is 1.35 bits per heavy atom. The molecule has 1 amide bonds. The van der Waals surface area contributed by atoms with Crippen molar-refractivity contribution in [2.45, 2.75) is 40.5 Å². The molecule has 1 aromatic rings. The quantitative estimate of drug-likeness (QED) is 0.742. The van der Waals surface area contributed by atoms with Crippen LogP contribution in [0, 0.1) is 0 Å². The second-order valence-corrected chi connectivity index (χ2v) is 3.69. The Morgan fingerprint density at radius 2 is 1.90 bits per heavy atom. The Kier molecular flexibility index (Phi) is 14.1. The maximum absolute atomic E-state index is 11.2. The first-order valence-electron chi connectivity index (χ1n) is 6.93. The average molecular weight is 284 g/mol. The molecule has 0 heterocycles. The highest BCUT2D eigenvalue weighted by Crippen LogP contribution is 2.26. The molecule has 0 aliphatic carbocycles. The number of anilines is 2. The number of nitrogens with two attached hydrogens (primary N) is 1. The molecule has 0 aromatic heterocycles. The first-order valence-corrected chi connectivity index (χ1v) is 6.93. The Hall–Kier alpha value is -1.75. The minimum atomic E-state index is -0.276. The number of aliphatic hydroxyl groups excluding tert-OH is 1. The fourth-order valence-corrected chi connectivity index (χ4v) is 1.14. The van der Waals surface area contributed by atoms with Crippen LogP contribution in [0.2, 0.25) is 0 Å². The van der Waals surface area contributed by atoms with Crippen LogP contribution in [0.1, 0.15) is 40.5 Å². The molecule has 0 fully saturated rings. The highest BCUT2D eigenvalue weighted by Gasteiger charge is 2.07. The van der Waals surface area contributed by atoms with Crippen LogP contribution in [0.15, 0.2) is 18.2 Å². The molecule has 5 nitrogen and oxygen atoms in total. The Balaban J connectivity index is 0. The van der Waals surface area contributed by atoms with Crippen LogP contribution in [0.4, 0.5) is 11.4 Å². The molecular weight excluding hydrogens is 256 g/mol. The van der Waals surface area contributed by atoms with Gasteiger partial charge in [0.2, 0.25) is 5.91 Å². The van der Waals surface area contributed by atoms with Crippen LogP contribution in [-0.2, 0) is 4.79 Å². The van der Waals surface area contributed by atoms with Crippen molar-refractivity contribution >= 4 is 17.3 Å². The summed E-state index contributed by atoms with van der Waals surface area (Å²) in [5.41, 5.74) is 6.62. The van der Waals surface area contributed by atoms with Gasteiger partial charge in [0.15, 0.2) is 0 Å². The van der Waals surface area contributed by atoms with Gasteiger partial charge < -0.3 is 20.9 Å². The minimum Gasteiger partial charge on any atom is -0.495 e. The molecule has 0 unspecified atom stereocenters. The molecular formula is C15H28N2O3. The van der Waals surface area contributed by atoms with Gasteiger partial charge in [0.1, 0.15) is 5.75 Å². The van der Waals surface area contributed by atoms with Crippen molar-refractivity contribution in [1.29, 1.82) is 0 Å². The Labute approximate surface area is 122 Å². The van der Waals surface area contributed by atoms with Crippen molar-refractivity contribution < 1.29 is 14.6 Å². The fourth-order valence-electron chi connectivity index (χ4n) is 1.14. The van der Waals surface area contributed by atoms with Gasteiger partial charge in [0.05, 0.1) is 25.8 Å². The van der Waals surface area contributed by atoms with Crippen LogP contribution in [0.25, 0.3) is 0 Å². The summed E-state index contributed by atoms with van der Waals surface area (Å²) in [5.74, 6) is 0.261. The fraction of sp³-hybridized carbons (Fsp3) is 0.533. The third-order valence-corrected chi connectivity index (χ3v) is 1.84. The molecule has 0 spiro atoms. The smallest absolute Gasteiger partial charge is 0.226 e. The van der Waals surface area contributed by atoms with E-state index < -0.39 is 0 Å². The molecule has 1 aromatic carbocycles. The van der Waals surface area contributed by atoms with Gasteiger partial charge in [-0.3, -0.25) is 4.79 Å². The van der Waals surface area contributed by atoms with E-state index in [9.17, 15) is 4.79 Å². The predicted octanol–water partition coefficient (Wildman–Crippen LogP) is 3.04. The topological polar surface area (TPSA) is 84.6 Å². The van der Waals surface area contributed by atoms with Crippen molar-refractivity contribution in [3.8, 4) is 5.75 Å². The molecule has 4 N–H and O–H groups in total. The van der Waals surface area contributed by atoms with Crippen molar-refractivity contribution in [1.82, 2.24) is 0 Å². The van der Waals surface area contributed by atoms with Crippen LogP contribution in [0.5, 0.6) is 5.75 Å². The zero-order valence-electron chi connectivity index (χ0n) is 13.2. The minimum absolute atomic E-state index is 0.0535. The average Bonchev–Trinajstić information content (AvgIpc) is 2.42. The number of carbonyl (C=O) groups is 1. The summed E-state index contributed by atoms with van der Waals surface area (Å²) in [6.45, 7) is 8.07. The van der Waals surface area contributed by atoms with Crippen LogP contribution in [0.3, 0.4) is 0 Å². The molecule has 1 rings (SSSR count). The summed E-state index contributed by atoms with van der Waals surface area (Å²) in [6, 6.07) is 4.96. The summed E-state index contributed by atoms with van der Waals surface area (Å²) in [4.78, 5) is 11.2. The highest BCUT2D eigenvalue weighted by molar-refractivity contribution is 5.92. The van der Waals surface area contributed by atoms with Gasteiger partial charge in [-0.1, -0.05) is 34.1 Å². The van der Waals surface area contributed by atoms with Gasteiger partial charge in [-0.25, -0.2) is 0 Å². The van der Waals surface area contributed by atoms with Gasteiger partial charge in [0.25, 0.3) is 0 Å². The summed E-state index contributed by atoms with van der Waals surface area (Å²) in [7, 11) is 1.51. The molecule has 0 aliphatic heterocycles. The lowest BCUT2D eigenvalue weighted by atomic mass is 10.2. The van der Waals surface area contributed by atoms with Crippen molar-refractivity contribution in [3.05, 3.63) is 18.2 Å². The van der Waals surface area contributed by atoms with Gasteiger partial charge in [-0.05, 0) is 18.2 Å². The van der Waals surface area contributed by atoms with E-state index in [1.807, 2.05) is 13.8 Å². The molecule has 20 heavy (non-hydrogen) atoms. The highest BCUT2D eigenvalue weighted by atomic mass is 16.5. The van der Waals surface area contributed by atoms with E-state index in [2.05, 4.69) is 19.2 Å². The standard InChI is InChI=1S/C10H14N2O3.C3H8.C2H6/c1-15-9-3-2-7(11)6-8(9)12-10(14)4-5-13;1-3-2;1-2/h2-3,6,13H,4-5,11H2,1H3,(H,12,14);3H2,1-2H3;1-2H3. The number of hydrogen-bond donors (Lipinski definition) is 3. The van der Waals surface area contributed by atoms with Gasteiger partial charge in [-0.15, -0.1) is 0 Å². The number of nitrogen functional groups attached to an aromatic ring is 1. The molecule has 0 atom stereocenters. The van der Waals surface area contributed by atoms with Crippen LogP contribution < -0.4 is 15.8 Å². The maximum Gasteiger partial charge on any atom is 0.226 e. The number of ether oxygens (including phenoxy) is 1. The lowest BCUT2D eigenvalue weighted by molar-refractivity contribution is -0.116. The lowest BCUT2D eigenvalue weighted by Crippen LogP contribution is -2.13. The first-order chi connectivity index (χ1) is 9.58. The van der Waals surface area contributed by atoms with Crippen LogP contribution in [-0.4, -0.2) is 24.7 Å². The number of amides is 1. The summed E-state index contributed by atoms with van der Waals surface area (Å²) in [5, 5.41) is 11.2. The number of nitrogens with one attached hydrogen (secondary N) is 1. The van der Waals surface area contributed by atoms with E-state index in [4.69, 9.17) is 15.6 Å². The zero-order chi connectivity index (χ0) is 16.0. The van der Waals surface area contributed by atoms with Gasteiger partial charge in [-0.2, -0.15) is 0 Å². The number of carbonyl (C=O) groups excluding carboxylic acids is 1. The number of methoxy groups -OCH3 is 1. The summed E-state index contributed by atoms with van der Waals surface area (Å²) < 4.78 is 5.05. The number of benzene rings is 1. The number of hydrogen-bond acceptors (Lipinski definition) is 4. The van der Waals surface area contributed by atoms with Gasteiger partial charge in [0, 0.05) is 5.69 Å². The predicted molar refractivity (Wildman–Crippen MR) is 85.1 cm³/mol. The third-order valence-electron chi connectivity index (χ3n) is 1.84. The molecule has 5 heteroatoms. The second kappa shape index (κ2) is 13.7. The van der Waals surface area contributed by atoms with E-state index in [-0.39, 0.29) is 18.9 Å². The van der Waals surface area contributed by atoms with Crippen LogP contribution >= 0.6 is 0 Å². The Morgan fingerprint density at radius 3 is 2.35 bits per heavy atom. The molecule has 0 radical (unpaired) electrons. The van der Waals surface area contributed by atoms with E-state index >= 15 is 0 Å². The third kappa shape index (κ3) is 9.22. The largest absolute Gasteiger partial charge is 0.495 e. The summed E-state index contributed by atoms with van der Waals surface area (Å²) >= 11 is 0. The summed E-state index contributed by atoms with van der Waals surface area (Å²) in [6.07, 6.45) is 1.30. The molecule has 0 saturated heterocycles. The molecule has 0 saturated carbocycles. The molecule has 0 bridgehead atoms. The normalized spacial score (nSPS) is 8.50.